The number of ether oxygens (including phenoxy) is 2. The average molecular weight is 280 g/mol. The van der Waals surface area contributed by atoms with E-state index in [1.54, 1.807) is 0 Å². The molecule has 0 aromatic heterocycles. The van der Waals surface area contributed by atoms with Gasteiger partial charge in [-0.15, -0.1) is 0 Å². The minimum atomic E-state index is -1.22. The minimum absolute atomic E-state index is 0.0159. The molecule has 0 aromatic rings. The third-order valence-electron chi connectivity index (χ3n) is 4.45. The summed E-state index contributed by atoms with van der Waals surface area (Å²) in [5, 5.41) is 18.8. The zero-order valence-corrected chi connectivity index (χ0v) is 10.9. The minimum Gasteiger partial charge on any atom is -0.515 e. The SMILES string of the molecule is O=C1C=C2CCC3(C[C@@]2(C(=O)O)C/C1=C/O)OCCO3. The number of aliphatic hydroxyl groups excluding tert-OH is 1. The predicted octanol–water partition coefficient (Wildman–Crippen LogP) is 1.33. The molecule has 20 heavy (non-hydrogen) atoms. The third kappa shape index (κ3) is 1.79. The van der Waals surface area contributed by atoms with E-state index in [-0.39, 0.29) is 24.2 Å². The lowest BCUT2D eigenvalue weighted by atomic mass is 9.62. The molecule has 1 heterocycles. The van der Waals surface area contributed by atoms with E-state index < -0.39 is 17.2 Å². The fourth-order valence-corrected chi connectivity index (χ4v) is 3.42. The van der Waals surface area contributed by atoms with Crippen LogP contribution in [0.5, 0.6) is 0 Å². The smallest absolute Gasteiger partial charge is 0.314 e. The van der Waals surface area contributed by atoms with Crippen LogP contribution in [0.15, 0.2) is 23.5 Å². The Labute approximate surface area is 115 Å². The Morgan fingerprint density at radius 3 is 2.65 bits per heavy atom. The van der Waals surface area contributed by atoms with E-state index in [0.717, 1.165) is 0 Å². The number of hydrogen-bond donors (Lipinski definition) is 2. The summed E-state index contributed by atoms with van der Waals surface area (Å²) in [6.45, 7) is 0.909. The Balaban J connectivity index is 2.04. The first-order valence-electron chi connectivity index (χ1n) is 6.61. The molecule has 2 N–H and O–H groups in total. The van der Waals surface area contributed by atoms with Gasteiger partial charge in [0.1, 0.15) is 0 Å². The number of fused-ring (bicyclic) bond motifs is 1. The maximum absolute atomic E-state index is 11.8. The quantitative estimate of drug-likeness (QED) is 0.556. The second kappa shape index (κ2) is 4.43. The molecule has 0 unspecified atom stereocenters. The summed E-state index contributed by atoms with van der Waals surface area (Å²) in [7, 11) is 0. The first kappa shape index (κ1) is 13.3. The number of carboxylic acids is 1. The van der Waals surface area contributed by atoms with Crippen molar-refractivity contribution in [2.45, 2.75) is 31.5 Å². The standard InChI is InChI=1S/C14H16O6/c15-7-9-6-13(12(17)18)8-14(19-3-4-20-14)2-1-10(13)5-11(9)16/h5,7,15H,1-4,6,8H2,(H,17,18)/b9-7-/t13-/m0/s1. The van der Waals surface area contributed by atoms with Crippen molar-refractivity contribution in [3.8, 4) is 0 Å². The number of carbonyl (C=O) groups is 2. The van der Waals surface area contributed by atoms with E-state index in [9.17, 15) is 14.7 Å². The number of rotatable bonds is 1. The molecule has 2 fully saturated rings. The van der Waals surface area contributed by atoms with Gasteiger partial charge in [0.2, 0.25) is 0 Å². The Kier molecular flexibility index (Phi) is 2.95. The number of aliphatic carboxylic acids is 1. The van der Waals surface area contributed by atoms with Crippen LogP contribution in [-0.2, 0) is 19.1 Å². The molecular weight excluding hydrogens is 264 g/mol. The van der Waals surface area contributed by atoms with Crippen LogP contribution in [0.1, 0.15) is 25.7 Å². The molecular formula is C14H16O6. The van der Waals surface area contributed by atoms with Gasteiger partial charge in [-0.1, -0.05) is 0 Å². The number of ketones is 1. The molecule has 1 atom stereocenters. The highest BCUT2D eigenvalue weighted by Gasteiger charge is 2.56. The molecule has 1 spiro atoms. The molecule has 3 aliphatic rings. The van der Waals surface area contributed by atoms with E-state index in [1.165, 1.54) is 6.08 Å². The highest BCUT2D eigenvalue weighted by atomic mass is 16.7. The molecule has 1 saturated carbocycles. The van der Waals surface area contributed by atoms with Crippen LogP contribution in [0, 0.1) is 5.41 Å². The molecule has 108 valence electrons. The summed E-state index contributed by atoms with van der Waals surface area (Å²) in [6, 6.07) is 0. The van der Waals surface area contributed by atoms with Crippen molar-refractivity contribution in [1.82, 2.24) is 0 Å². The van der Waals surface area contributed by atoms with Crippen molar-refractivity contribution in [1.29, 1.82) is 0 Å². The molecule has 1 aliphatic heterocycles. The maximum atomic E-state index is 11.8. The van der Waals surface area contributed by atoms with Crippen molar-refractivity contribution in [2.75, 3.05) is 13.2 Å². The van der Waals surface area contributed by atoms with Crippen molar-refractivity contribution < 1.29 is 29.3 Å². The number of allylic oxidation sites excluding steroid dienone is 2. The lowest BCUT2D eigenvalue weighted by Gasteiger charge is -2.45. The van der Waals surface area contributed by atoms with Gasteiger partial charge >= 0.3 is 5.97 Å². The molecule has 2 aliphatic carbocycles. The molecule has 6 nitrogen and oxygen atoms in total. The Hall–Kier alpha value is -1.66. The summed E-state index contributed by atoms with van der Waals surface area (Å²) < 4.78 is 11.2. The van der Waals surface area contributed by atoms with E-state index in [0.29, 0.717) is 37.9 Å². The van der Waals surface area contributed by atoms with Gasteiger partial charge in [0.25, 0.3) is 0 Å². The normalized spacial score (nSPS) is 34.1. The summed E-state index contributed by atoms with van der Waals surface area (Å²) in [4.78, 5) is 23.6. The summed E-state index contributed by atoms with van der Waals surface area (Å²) in [5.74, 6) is -2.19. The van der Waals surface area contributed by atoms with Crippen LogP contribution >= 0.6 is 0 Å². The summed E-state index contributed by atoms with van der Waals surface area (Å²) in [5.41, 5.74) is -0.498. The first-order chi connectivity index (χ1) is 9.51. The number of aliphatic hydroxyl groups is 1. The van der Waals surface area contributed by atoms with Gasteiger partial charge in [-0.3, -0.25) is 9.59 Å². The largest absolute Gasteiger partial charge is 0.515 e. The summed E-state index contributed by atoms with van der Waals surface area (Å²) >= 11 is 0. The second-order valence-electron chi connectivity index (χ2n) is 5.54. The fraction of sp³-hybridized carbons (Fsp3) is 0.571. The molecule has 3 rings (SSSR count). The fourth-order valence-electron chi connectivity index (χ4n) is 3.42. The van der Waals surface area contributed by atoms with Crippen LogP contribution in [0.3, 0.4) is 0 Å². The van der Waals surface area contributed by atoms with Crippen molar-refractivity contribution in [3.63, 3.8) is 0 Å². The Bertz CT molecular complexity index is 526. The van der Waals surface area contributed by atoms with Gasteiger partial charge in [-0.2, -0.15) is 0 Å². The van der Waals surface area contributed by atoms with Gasteiger partial charge in [-0.05, 0) is 24.5 Å². The zero-order valence-electron chi connectivity index (χ0n) is 10.9. The number of carbonyl (C=O) groups excluding carboxylic acids is 1. The molecule has 1 saturated heterocycles. The van der Waals surface area contributed by atoms with Crippen molar-refractivity contribution in [3.05, 3.63) is 23.5 Å². The highest BCUT2D eigenvalue weighted by Crippen LogP contribution is 2.53. The topological polar surface area (TPSA) is 93.1 Å². The zero-order chi connectivity index (χ0) is 14.4. The number of hydrogen-bond acceptors (Lipinski definition) is 5. The lowest BCUT2D eigenvalue weighted by molar-refractivity contribution is -0.200. The molecule has 0 aromatic carbocycles. The van der Waals surface area contributed by atoms with Crippen LogP contribution in [0.4, 0.5) is 0 Å². The van der Waals surface area contributed by atoms with E-state index >= 15 is 0 Å². The molecule has 0 amide bonds. The number of carboxylic acid groups (broad SMARTS) is 1. The summed E-state index contributed by atoms with van der Waals surface area (Å²) in [6.07, 6.45) is 3.22. The Morgan fingerprint density at radius 1 is 1.35 bits per heavy atom. The van der Waals surface area contributed by atoms with E-state index in [1.807, 2.05) is 0 Å². The molecule has 0 radical (unpaired) electrons. The Morgan fingerprint density at radius 2 is 2.05 bits per heavy atom. The van der Waals surface area contributed by atoms with E-state index in [4.69, 9.17) is 14.6 Å². The van der Waals surface area contributed by atoms with Crippen LogP contribution < -0.4 is 0 Å². The van der Waals surface area contributed by atoms with Crippen molar-refractivity contribution in [2.24, 2.45) is 5.41 Å². The van der Waals surface area contributed by atoms with E-state index in [2.05, 4.69) is 0 Å². The third-order valence-corrected chi connectivity index (χ3v) is 4.45. The van der Waals surface area contributed by atoms with Gasteiger partial charge in [0, 0.05) is 18.4 Å². The molecule has 6 heteroatoms. The van der Waals surface area contributed by atoms with Crippen LogP contribution in [0.2, 0.25) is 0 Å². The lowest BCUT2D eigenvalue weighted by Crippen LogP contribution is -2.49. The van der Waals surface area contributed by atoms with Crippen LogP contribution in [0.25, 0.3) is 0 Å². The van der Waals surface area contributed by atoms with Gasteiger partial charge in [0.15, 0.2) is 11.6 Å². The predicted molar refractivity (Wildman–Crippen MR) is 67.0 cm³/mol. The van der Waals surface area contributed by atoms with Gasteiger partial charge in [-0.25, -0.2) is 0 Å². The van der Waals surface area contributed by atoms with Gasteiger partial charge < -0.3 is 19.7 Å². The average Bonchev–Trinajstić information content (AvgIpc) is 2.86. The maximum Gasteiger partial charge on any atom is 0.314 e. The monoisotopic (exact) mass is 280 g/mol. The highest BCUT2D eigenvalue weighted by molar-refractivity contribution is 6.07. The van der Waals surface area contributed by atoms with Gasteiger partial charge in [0.05, 0.1) is 24.9 Å². The van der Waals surface area contributed by atoms with Crippen LogP contribution in [-0.4, -0.2) is 41.0 Å². The molecule has 0 bridgehead atoms. The first-order valence-corrected chi connectivity index (χ1v) is 6.61. The van der Waals surface area contributed by atoms with Crippen molar-refractivity contribution >= 4 is 11.8 Å². The second-order valence-corrected chi connectivity index (χ2v) is 5.54.